The third-order valence-electron chi connectivity index (χ3n) is 3.73. The highest BCUT2D eigenvalue weighted by Crippen LogP contribution is 2.17. The van der Waals surface area contributed by atoms with Crippen molar-refractivity contribution in [2.45, 2.75) is 26.9 Å². The van der Waals surface area contributed by atoms with Gasteiger partial charge in [-0.25, -0.2) is 15.0 Å². The van der Waals surface area contributed by atoms with Crippen LogP contribution in [0.3, 0.4) is 0 Å². The molecule has 0 fully saturated rings. The predicted molar refractivity (Wildman–Crippen MR) is 117 cm³/mol. The van der Waals surface area contributed by atoms with E-state index in [-0.39, 0.29) is 12.7 Å². The molecule has 2 heterocycles. The molecule has 9 nitrogen and oxygen atoms in total. The molecule has 0 saturated carbocycles. The van der Waals surface area contributed by atoms with Crippen molar-refractivity contribution in [1.29, 1.82) is 5.26 Å². The minimum Gasteiger partial charge on any atom is -0.390 e. The third-order valence-corrected chi connectivity index (χ3v) is 3.73. The van der Waals surface area contributed by atoms with Gasteiger partial charge in [-0.15, -0.1) is 0 Å². The minimum atomic E-state index is -0.511. The Kier molecular flexibility index (Phi) is 10.2. The number of aliphatic imine (C=N–C) groups is 1. The number of amides is 1. The average molecular weight is 409 g/mol. The molecule has 5 N–H and O–H groups in total. The van der Waals surface area contributed by atoms with Crippen LogP contribution < -0.4 is 16.8 Å². The Morgan fingerprint density at radius 3 is 2.63 bits per heavy atom. The first-order chi connectivity index (χ1) is 14.3. The summed E-state index contributed by atoms with van der Waals surface area (Å²) in [5.74, 6) is 1.08. The number of primary amides is 1. The largest absolute Gasteiger partial charge is 0.390 e. The fourth-order valence-electron chi connectivity index (χ4n) is 1.95. The first-order valence-electron chi connectivity index (χ1n) is 9.19. The van der Waals surface area contributed by atoms with E-state index in [1.54, 1.807) is 37.3 Å². The molecule has 2 rings (SSSR count). The fraction of sp³-hybridized carbons (Fsp3) is 0.286. The second kappa shape index (κ2) is 12.6. The van der Waals surface area contributed by atoms with E-state index in [0.29, 0.717) is 23.0 Å². The molecule has 0 radical (unpaired) electrons. The maximum Gasteiger partial charge on any atom is 0.243 e. The summed E-state index contributed by atoms with van der Waals surface area (Å²) in [5, 5.41) is 11.6. The number of ether oxygens (including phenoxy) is 1. The second-order valence-electron chi connectivity index (χ2n) is 6.47. The highest BCUT2D eigenvalue weighted by atomic mass is 16.5. The lowest BCUT2D eigenvalue weighted by atomic mass is 10.1. The number of nitrogens with zero attached hydrogens (tertiary/aromatic N) is 4. The van der Waals surface area contributed by atoms with Crippen molar-refractivity contribution < 1.29 is 9.53 Å². The van der Waals surface area contributed by atoms with E-state index in [0.717, 1.165) is 11.5 Å². The number of pyridine rings is 2. The van der Waals surface area contributed by atoms with E-state index in [1.165, 1.54) is 12.5 Å². The van der Waals surface area contributed by atoms with Crippen LogP contribution in [-0.2, 0) is 9.53 Å². The first-order valence-corrected chi connectivity index (χ1v) is 9.19. The summed E-state index contributed by atoms with van der Waals surface area (Å²) in [4.78, 5) is 22.6. The van der Waals surface area contributed by atoms with E-state index in [1.807, 2.05) is 6.07 Å². The van der Waals surface area contributed by atoms with Crippen LogP contribution in [0.25, 0.3) is 0 Å². The molecule has 158 valence electrons. The maximum atomic E-state index is 10.5. The SMILES string of the molecule is C=C(Nc1ccc(C#N)cn1)C(C)C.CC(OCC(N)=O)c1cccc(/N=C\N)n1. The molecule has 1 unspecified atom stereocenters. The van der Waals surface area contributed by atoms with Crippen LogP contribution in [0.5, 0.6) is 0 Å². The summed E-state index contributed by atoms with van der Waals surface area (Å²) in [6, 6.07) is 10.8. The fourth-order valence-corrected chi connectivity index (χ4v) is 1.95. The van der Waals surface area contributed by atoms with Gasteiger partial charge < -0.3 is 21.5 Å². The van der Waals surface area contributed by atoms with E-state index in [9.17, 15) is 4.79 Å². The van der Waals surface area contributed by atoms with Gasteiger partial charge in [-0.3, -0.25) is 4.79 Å². The number of aromatic nitrogens is 2. The van der Waals surface area contributed by atoms with Crippen LogP contribution in [0.15, 0.2) is 53.8 Å². The highest BCUT2D eigenvalue weighted by Gasteiger charge is 2.09. The number of nitrogens with one attached hydrogen (secondary N) is 1. The molecular weight excluding hydrogens is 382 g/mol. The zero-order valence-electron chi connectivity index (χ0n) is 17.4. The molecule has 0 saturated heterocycles. The van der Waals surface area contributed by atoms with Crippen LogP contribution in [0, 0.1) is 17.2 Å². The van der Waals surface area contributed by atoms with Gasteiger partial charge in [0.15, 0.2) is 5.82 Å². The lowest BCUT2D eigenvalue weighted by molar-refractivity contribution is -0.124. The van der Waals surface area contributed by atoms with Crippen molar-refractivity contribution in [3.63, 3.8) is 0 Å². The Hall–Kier alpha value is -3.77. The molecule has 0 aliphatic carbocycles. The van der Waals surface area contributed by atoms with Crippen LogP contribution in [-0.4, -0.2) is 28.8 Å². The van der Waals surface area contributed by atoms with Crippen LogP contribution in [0.2, 0.25) is 0 Å². The van der Waals surface area contributed by atoms with Gasteiger partial charge in [0.05, 0.1) is 23.7 Å². The molecule has 0 aromatic carbocycles. The van der Waals surface area contributed by atoms with Crippen molar-refractivity contribution >= 4 is 23.9 Å². The lowest BCUT2D eigenvalue weighted by Gasteiger charge is -2.11. The number of nitriles is 1. The van der Waals surface area contributed by atoms with E-state index in [2.05, 4.69) is 40.7 Å². The van der Waals surface area contributed by atoms with Crippen molar-refractivity contribution in [2.24, 2.45) is 22.4 Å². The summed E-state index contributed by atoms with van der Waals surface area (Å²) >= 11 is 0. The Labute approximate surface area is 176 Å². The molecule has 1 atom stereocenters. The topological polar surface area (TPSA) is 152 Å². The van der Waals surface area contributed by atoms with Gasteiger partial charge in [-0.1, -0.05) is 26.5 Å². The van der Waals surface area contributed by atoms with Crippen molar-refractivity contribution in [1.82, 2.24) is 9.97 Å². The standard InChI is InChI=1S/C11H13N3.C10H14N4O2/c1-8(2)9(3)14-11-5-4-10(6-12)7-13-11;1-7(16-5-9(12)15)8-3-2-4-10(14-8)13-6-11/h4-5,7-8H,3H2,1-2H3,(H,13,14);2-4,6-7H,5H2,1H3,(H2,12,15)(H2,11,13,14). The predicted octanol–water partition coefficient (Wildman–Crippen LogP) is 2.80. The number of carbonyl (C=O) groups excluding carboxylic acids is 1. The number of allylic oxidation sites excluding steroid dienone is 1. The molecule has 0 aliphatic heterocycles. The monoisotopic (exact) mass is 409 g/mol. The van der Waals surface area contributed by atoms with Gasteiger partial charge >= 0.3 is 0 Å². The summed E-state index contributed by atoms with van der Waals surface area (Å²) in [6.45, 7) is 9.63. The summed E-state index contributed by atoms with van der Waals surface area (Å²) in [5.41, 5.74) is 12.3. The molecule has 9 heteroatoms. The van der Waals surface area contributed by atoms with Gasteiger partial charge in [0, 0.05) is 11.9 Å². The van der Waals surface area contributed by atoms with Gasteiger partial charge in [0.25, 0.3) is 0 Å². The highest BCUT2D eigenvalue weighted by molar-refractivity contribution is 5.75. The Balaban J connectivity index is 0.000000303. The number of hydrogen-bond donors (Lipinski definition) is 3. The average Bonchev–Trinajstić information content (AvgIpc) is 2.73. The molecule has 0 aliphatic rings. The molecule has 1 amide bonds. The molecule has 30 heavy (non-hydrogen) atoms. The second-order valence-corrected chi connectivity index (χ2v) is 6.47. The number of rotatable bonds is 8. The molecule has 0 spiro atoms. The Morgan fingerprint density at radius 2 is 2.10 bits per heavy atom. The van der Waals surface area contributed by atoms with Crippen molar-refractivity contribution in [3.8, 4) is 6.07 Å². The quantitative estimate of drug-likeness (QED) is 0.447. The van der Waals surface area contributed by atoms with Crippen LogP contribution in [0.4, 0.5) is 11.6 Å². The Bertz CT molecular complexity index is 902. The normalized spacial score (nSPS) is 11.3. The summed E-state index contributed by atoms with van der Waals surface area (Å²) in [6.07, 6.45) is 2.39. The van der Waals surface area contributed by atoms with Crippen LogP contribution in [0.1, 0.15) is 38.1 Å². The van der Waals surface area contributed by atoms with Gasteiger partial charge in [0.1, 0.15) is 18.5 Å². The molecule has 0 bridgehead atoms. The van der Waals surface area contributed by atoms with Crippen molar-refractivity contribution in [2.75, 3.05) is 11.9 Å². The summed E-state index contributed by atoms with van der Waals surface area (Å²) < 4.78 is 5.20. The Morgan fingerprint density at radius 1 is 1.37 bits per heavy atom. The number of hydrogen-bond acceptors (Lipinski definition) is 7. The zero-order valence-corrected chi connectivity index (χ0v) is 17.4. The third kappa shape index (κ3) is 8.95. The van der Waals surface area contributed by atoms with E-state index in [4.69, 9.17) is 21.5 Å². The first kappa shape index (κ1) is 24.3. The number of nitrogens with two attached hydrogens (primary N) is 2. The summed E-state index contributed by atoms with van der Waals surface area (Å²) in [7, 11) is 0. The molecule has 2 aromatic heterocycles. The van der Waals surface area contributed by atoms with Crippen LogP contribution >= 0.6 is 0 Å². The van der Waals surface area contributed by atoms with Gasteiger partial charge in [0.2, 0.25) is 5.91 Å². The number of carbonyl (C=O) groups is 1. The molecular formula is C21H27N7O2. The molecule has 2 aromatic rings. The van der Waals surface area contributed by atoms with Crippen molar-refractivity contribution in [3.05, 3.63) is 60.1 Å². The number of anilines is 1. The van der Waals surface area contributed by atoms with E-state index < -0.39 is 5.91 Å². The smallest absolute Gasteiger partial charge is 0.243 e. The van der Waals surface area contributed by atoms with Gasteiger partial charge in [-0.2, -0.15) is 5.26 Å². The lowest BCUT2D eigenvalue weighted by Crippen LogP contribution is -2.19. The maximum absolute atomic E-state index is 10.5. The zero-order chi connectivity index (χ0) is 22.5. The van der Waals surface area contributed by atoms with Gasteiger partial charge in [-0.05, 0) is 37.1 Å². The van der Waals surface area contributed by atoms with E-state index >= 15 is 0 Å². The minimum absolute atomic E-state index is 0.132.